The van der Waals surface area contributed by atoms with Gasteiger partial charge in [0.25, 0.3) is 0 Å². The maximum atomic E-state index is 12.2. The van der Waals surface area contributed by atoms with Gasteiger partial charge in [0, 0.05) is 17.7 Å². The fraction of sp³-hybridized carbons (Fsp3) is 0.714. The Morgan fingerprint density at radius 1 is 1.47 bits per heavy atom. The lowest BCUT2D eigenvalue weighted by Gasteiger charge is -2.31. The van der Waals surface area contributed by atoms with Crippen LogP contribution in [0.2, 0.25) is 0 Å². The molecule has 1 atom stereocenters. The number of hydrogen-bond donors (Lipinski definition) is 1. The number of nitrogens with zero attached hydrogens (tertiary/aromatic N) is 1. The summed E-state index contributed by atoms with van der Waals surface area (Å²) in [6, 6.07) is 0. The lowest BCUT2D eigenvalue weighted by atomic mass is 9.74. The van der Waals surface area contributed by atoms with Gasteiger partial charge in [0.1, 0.15) is 0 Å². The van der Waals surface area contributed by atoms with E-state index in [1.54, 1.807) is 0 Å². The summed E-state index contributed by atoms with van der Waals surface area (Å²) in [6.07, 6.45) is 4.69. The van der Waals surface area contributed by atoms with E-state index in [1.807, 2.05) is 0 Å². The van der Waals surface area contributed by atoms with Gasteiger partial charge in [-0.1, -0.05) is 34.1 Å². The van der Waals surface area contributed by atoms with Crippen LogP contribution in [0.15, 0.2) is 16.3 Å². The molecule has 0 saturated carbocycles. The zero-order valence-corrected chi connectivity index (χ0v) is 11.4. The molecule has 0 heterocycles. The summed E-state index contributed by atoms with van der Waals surface area (Å²) in [5, 5.41) is 0. The number of carbonyl (C=O) groups is 1. The van der Waals surface area contributed by atoms with E-state index in [0.717, 1.165) is 30.5 Å². The molecule has 0 aliphatic heterocycles. The maximum Gasteiger partial charge on any atom is 0.161 e. The van der Waals surface area contributed by atoms with E-state index in [-0.39, 0.29) is 11.2 Å². The van der Waals surface area contributed by atoms with Crippen LogP contribution < -0.4 is 5.73 Å². The number of aliphatic imine (C=N–C) groups is 1. The minimum Gasteiger partial charge on any atom is -0.390 e. The van der Waals surface area contributed by atoms with Gasteiger partial charge in [-0.15, -0.1) is 0 Å². The van der Waals surface area contributed by atoms with E-state index in [9.17, 15) is 4.79 Å². The second kappa shape index (κ2) is 5.48. The molecule has 0 saturated heterocycles. The van der Waals surface area contributed by atoms with E-state index >= 15 is 0 Å². The summed E-state index contributed by atoms with van der Waals surface area (Å²) >= 11 is 0. The number of rotatable bonds is 4. The zero-order valence-electron chi connectivity index (χ0n) is 11.4. The molecule has 2 N–H and O–H groups in total. The van der Waals surface area contributed by atoms with E-state index < -0.39 is 0 Å². The summed E-state index contributed by atoms with van der Waals surface area (Å²) in [7, 11) is 0. The van der Waals surface area contributed by atoms with E-state index in [1.165, 1.54) is 6.34 Å². The van der Waals surface area contributed by atoms with Crippen molar-refractivity contribution in [2.45, 2.75) is 53.4 Å². The van der Waals surface area contributed by atoms with Crippen molar-refractivity contribution in [3.8, 4) is 0 Å². The molecule has 0 aromatic carbocycles. The number of carbonyl (C=O) groups excluding carboxylic acids is 1. The first kappa shape index (κ1) is 13.9. The van der Waals surface area contributed by atoms with Crippen molar-refractivity contribution in [3.05, 3.63) is 11.3 Å². The van der Waals surface area contributed by atoms with Gasteiger partial charge in [-0.2, -0.15) is 0 Å². The Hall–Kier alpha value is -1.12. The second-order valence-corrected chi connectivity index (χ2v) is 5.86. The zero-order chi connectivity index (χ0) is 13.1. The molecule has 96 valence electrons. The second-order valence-electron chi connectivity index (χ2n) is 5.86. The number of Topliss-reactive ketones (excluding diaryl/α,β-unsaturated/α-hetero) is 1. The third-order valence-corrected chi connectivity index (χ3v) is 3.45. The fourth-order valence-corrected chi connectivity index (χ4v) is 2.26. The van der Waals surface area contributed by atoms with Crippen molar-refractivity contribution in [3.63, 3.8) is 0 Å². The third kappa shape index (κ3) is 3.69. The van der Waals surface area contributed by atoms with Crippen LogP contribution in [0.3, 0.4) is 0 Å². The minimum atomic E-state index is 0.0118. The normalized spacial score (nSPS) is 22.2. The quantitative estimate of drug-likeness (QED) is 0.602. The monoisotopic (exact) mass is 236 g/mol. The molecule has 0 aromatic heterocycles. The molecule has 1 rings (SSSR count). The number of nitrogens with two attached hydrogens (primary N) is 1. The highest BCUT2D eigenvalue weighted by molar-refractivity contribution is 5.97. The average molecular weight is 236 g/mol. The maximum absolute atomic E-state index is 12.2. The molecule has 0 bridgehead atoms. The van der Waals surface area contributed by atoms with Gasteiger partial charge in [0.2, 0.25) is 0 Å². The van der Waals surface area contributed by atoms with Crippen molar-refractivity contribution in [2.24, 2.45) is 22.1 Å². The van der Waals surface area contributed by atoms with Crippen LogP contribution in [0.4, 0.5) is 0 Å². The molecule has 3 heteroatoms. The fourth-order valence-electron chi connectivity index (χ4n) is 2.26. The highest BCUT2D eigenvalue weighted by atomic mass is 16.1. The lowest BCUT2D eigenvalue weighted by molar-refractivity contribution is -0.118. The van der Waals surface area contributed by atoms with E-state index in [4.69, 9.17) is 5.73 Å². The summed E-state index contributed by atoms with van der Waals surface area (Å²) < 4.78 is 0. The van der Waals surface area contributed by atoms with Gasteiger partial charge in [-0.3, -0.25) is 4.79 Å². The Labute approximate surface area is 104 Å². The topological polar surface area (TPSA) is 55.4 Å². The Bertz CT molecular complexity index is 353. The molecule has 3 nitrogen and oxygen atoms in total. The predicted octanol–water partition coefficient (Wildman–Crippen LogP) is 3.05. The largest absolute Gasteiger partial charge is 0.390 e. The average Bonchev–Trinajstić information content (AvgIpc) is 2.22. The first-order valence-corrected chi connectivity index (χ1v) is 6.39. The predicted molar refractivity (Wildman–Crippen MR) is 71.8 cm³/mol. The van der Waals surface area contributed by atoms with Crippen molar-refractivity contribution < 1.29 is 4.79 Å². The molecule has 0 fully saturated rings. The highest BCUT2D eigenvalue weighted by Gasteiger charge is 2.32. The van der Waals surface area contributed by atoms with Crippen molar-refractivity contribution >= 4 is 12.1 Å². The van der Waals surface area contributed by atoms with Crippen LogP contribution in [0, 0.1) is 11.3 Å². The van der Waals surface area contributed by atoms with Gasteiger partial charge in [0.05, 0.1) is 6.34 Å². The molecule has 0 spiro atoms. The number of hydrogen-bond acceptors (Lipinski definition) is 2. The smallest absolute Gasteiger partial charge is 0.161 e. The van der Waals surface area contributed by atoms with E-state index in [2.05, 4.69) is 32.7 Å². The first-order valence-electron chi connectivity index (χ1n) is 6.39. The van der Waals surface area contributed by atoms with Crippen LogP contribution in [0.25, 0.3) is 0 Å². The summed E-state index contributed by atoms with van der Waals surface area (Å²) in [4.78, 5) is 16.4. The van der Waals surface area contributed by atoms with Gasteiger partial charge < -0.3 is 5.73 Å². The van der Waals surface area contributed by atoms with Crippen molar-refractivity contribution in [2.75, 3.05) is 0 Å². The third-order valence-electron chi connectivity index (χ3n) is 3.45. The summed E-state index contributed by atoms with van der Waals surface area (Å²) in [6.45, 7) is 8.53. The van der Waals surface area contributed by atoms with E-state index in [0.29, 0.717) is 12.3 Å². The number of allylic oxidation sites excluding steroid dienone is 2. The van der Waals surface area contributed by atoms with Crippen LogP contribution >= 0.6 is 0 Å². The minimum absolute atomic E-state index is 0.0118. The molecule has 1 aliphatic carbocycles. The van der Waals surface area contributed by atoms with Crippen LogP contribution in [0.5, 0.6) is 0 Å². The standard InChI is InChI=1S/C14H24N2O/c1-5-10(2)6-11-12(16-9-15)7-14(3,4)8-13(11)17/h9-10H,5-8H2,1-4H3,(H2,15,16)/t10-/m1/s1. The van der Waals surface area contributed by atoms with Crippen LogP contribution in [-0.4, -0.2) is 12.1 Å². The molecule has 0 aromatic rings. The molecule has 0 amide bonds. The van der Waals surface area contributed by atoms with Crippen molar-refractivity contribution in [1.82, 2.24) is 0 Å². The lowest BCUT2D eigenvalue weighted by Crippen LogP contribution is -2.26. The highest BCUT2D eigenvalue weighted by Crippen LogP contribution is 2.39. The Morgan fingerprint density at radius 2 is 2.12 bits per heavy atom. The Balaban J connectivity index is 3.03. The van der Waals surface area contributed by atoms with Crippen molar-refractivity contribution in [1.29, 1.82) is 0 Å². The van der Waals surface area contributed by atoms with Crippen LogP contribution in [-0.2, 0) is 4.79 Å². The summed E-state index contributed by atoms with van der Waals surface area (Å²) in [5.41, 5.74) is 7.19. The van der Waals surface area contributed by atoms with Crippen LogP contribution in [0.1, 0.15) is 53.4 Å². The molecule has 0 unspecified atom stereocenters. The first-order chi connectivity index (χ1) is 7.89. The molecular weight excluding hydrogens is 212 g/mol. The molecule has 17 heavy (non-hydrogen) atoms. The Morgan fingerprint density at radius 3 is 2.65 bits per heavy atom. The SMILES string of the molecule is CC[C@@H](C)CC1=C(/N=C\N)CC(C)(C)CC1=O. The molecule has 0 radical (unpaired) electrons. The van der Waals surface area contributed by atoms with Gasteiger partial charge in [0.15, 0.2) is 5.78 Å². The number of ketones is 1. The van der Waals surface area contributed by atoms with Gasteiger partial charge in [-0.25, -0.2) is 4.99 Å². The molecule has 1 aliphatic rings. The van der Waals surface area contributed by atoms with Gasteiger partial charge in [-0.05, 0) is 24.2 Å². The van der Waals surface area contributed by atoms with Gasteiger partial charge >= 0.3 is 0 Å². The Kier molecular flexibility index (Phi) is 4.49. The molecular formula is C14H24N2O. The summed E-state index contributed by atoms with van der Waals surface area (Å²) in [5.74, 6) is 0.778.